The molecule has 0 radical (unpaired) electrons. The number of nitrogens with zero attached hydrogens (tertiary/aromatic N) is 2. The van der Waals surface area contributed by atoms with Gasteiger partial charge in [0.2, 0.25) is 0 Å². The van der Waals surface area contributed by atoms with Crippen molar-refractivity contribution in [3.8, 4) is 6.07 Å². The van der Waals surface area contributed by atoms with E-state index in [0.29, 0.717) is 0 Å². The molecule has 0 bridgehead atoms. The Kier molecular flexibility index (Phi) is 3.04. The summed E-state index contributed by atoms with van der Waals surface area (Å²) in [6, 6.07) is 9.25. The molecule has 0 fully saturated rings. The minimum absolute atomic E-state index is 0.0298. The number of nitriles is 1. The van der Waals surface area contributed by atoms with E-state index in [9.17, 15) is 8.42 Å². The van der Waals surface area contributed by atoms with E-state index in [4.69, 9.17) is 5.26 Å². The first kappa shape index (κ1) is 12.1. The van der Waals surface area contributed by atoms with Gasteiger partial charge in [0.25, 0.3) is 10.0 Å². The molecule has 2 N–H and O–H groups in total. The standard InChI is InChI=1S/C11H10N4O2S/c1-8-5-11(14-13-8)15-18(16,17)10-4-2-3-9(6-10)7-12/h2-6H,1H3,(H2,13,14,15). The lowest BCUT2D eigenvalue weighted by Crippen LogP contribution is -2.13. The number of hydrogen-bond donors (Lipinski definition) is 2. The van der Waals surface area contributed by atoms with Crippen molar-refractivity contribution < 1.29 is 8.42 Å². The Morgan fingerprint density at radius 2 is 2.17 bits per heavy atom. The van der Waals surface area contributed by atoms with Crippen molar-refractivity contribution in [2.24, 2.45) is 0 Å². The molecular formula is C11H10N4O2S. The van der Waals surface area contributed by atoms with Gasteiger partial charge in [-0.2, -0.15) is 10.4 Å². The number of rotatable bonds is 3. The maximum atomic E-state index is 12.0. The fourth-order valence-electron chi connectivity index (χ4n) is 1.40. The zero-order valence-corrected chi connectivity index (χ0v) is 10.3. The number of nitrogens with one attached hydrogen (secondary N) is 2. The molecule has 0 aliphatic carbocycles. The van der Waals surface area contributed by atoms with Gasteiger partial charge in [0.1, 0.15) is 0 Å². The van der Waals surface area contributed by atoms with Crippen molar-refractivity contribution in [2.45, 2.75) is 11.8 Å². The summed E-state index contributed by atoms with van der Waals surface area (Å²) in [5, 5.41) is 15.2. The monoisotopic (exact) mass is 262 g/mol. The Morgan fingerprint density at radius 3 is 2.78 bits per heavy atom. The molecule has 2 aromatic rings. The van der Waals surface area contributed by atoms with E-state index in [0.717, 1.165) is 5.69 Å². The highest BCUT2D eigenvalue weighted by molar-refractivity contribution is 7.92. The van der Waals surface area contributed by atoms with Gasteiger partial charge in [-0.15, -0.1) is 0 Å². The van der Waals surface area contributed by atoms with Gasteiger partial charge in [-0.25, -0.2) is 8.42 Å². The Bertz CT molecular complexity index is 713. The number of hydrogen-bond acceptors (Lipinski definition) is 4. The SMILES string of the molecule is Cc1cc(NS(=O)(=O)c2cccc(C#N)c2)n[nH]1. The van der Waals surface area contributed by atoms with Crippen LogP contribution in [-0.2, 0) is 10.0 Å². The zero-order valence-electron chi connectivity index (χ0n) is 9.51. The topological polar surface area (TPSA) is 98.6 Å². The first-order valence-electron chi connectivity index (χ1n) is 5.06. The van der Waals surface area contributed by atoms with Crippen molar-refractivity contribution in [3.63, 3.8) is 0 Å². The summed E-state index contributed by atoms with van der Waals surface area (Å²) < 4.78 is 26.3. The molecule has 1 aromatic heterocycles. The molecule has 6 nitrogen and oxygen atoms in total. The van der Waals surface area contributed by atoms with Crippen LogP contribution >= 0.6 is 0 Å². The van der Waals surface area contributed by atoms with E-state index in [-0.39, 0.29) is 16.3 Å². The van der Waals surface area contributed by atoms with Crippen LogP contribution < -0.4 is 4.72 Å². The van der Waals surface area contributed by atoms with Crippen LogP contribution in [0.15, 0.2) is 35.2 Å². The average Bonchev–Trinajstić information content (AvgIpc) is 2.74. The summed E-state index contributed by atoms with van der Waals surface area (Å²) in [5.74, 6) is 0.217. The van der Waals surface area contributed by atoms with Gasteiger partial charge in [0, 0.05) is 11.8 Å². The van der Waals surface area contributed by atoms with Crippen molar-refractivity contribution in [1.29, 1.82) is 5.26 Å². The zero-order chi connectivity index (χ0) is 13.2. The summed E-state index contributed by atoms with van der Waals surface area (Å²) >= 11 is 0. The Balaban J connectivity index is 2.34. The third-order valence-corrected chi connectivity index (χ3v) is 3.57. The molecule has 92 valence electrons. The predicted molar refractivity (Wildman–Crippen MR) is 65.3 cm³/mol. The van der Waals surface area contributed by atoms with Crippen molar-refractivity contribution in [2.75, 3.05) is 4.72 Å². The molecule has 0 aliphatic rings. The summed E-state index contributed by atoms with van der Waals surface area (Å²) in [5.41, 5.74) is 1.04. The molecule has 0 amide bonds. The van der Waals surface area contributed by atoms with Crippen LogP contribution in [0, 0.1) is 18.3 Å². The summed E-state index contributed by atoms with van der Waals surface area (Å²) in [6.07, 6.45) is 0. The van der Waals surface area contributed by atoms with Gasteiger partial charge in [-0.05, 0) is 25.1 Å². The van der Waals surface area contributed by atoms with E-state index in [1.165, 1.54) is 24.3 Å². The fraction of sp³-hybridized carbons (Fsp3) is 0.0909. The van der Waals surface area contributed by atoms with Crippen molar-refractivity contribution in [3.05, 3.63) is 41.6 Å². The Hall–Kier alpha value is -2.33. The minimum Gasteiger partial charge on any atom is -0.281 e. The van der Waals surface area contributed by atoms with Gasteiger partial charge >= 0.3 is 0 Å². The van der Waals surface area contributed by atoms with Crippen molar-refractivity contribution in [1.82, 2.24) is 10.2 Å². The highest BCUT2D eigenvalue weighted by Crippen LogP contribution is 2.15. The second-order valence-electron chi connectivity index (χ2n) is 3.68. The molecule has 0 saturated carbocycles. The maximum Gasteiger partial charge on any atom is 0.263 e. The molecular weight excluding hydrogens is 252 g/mol. The fourth-order valence-corrected chi connectivity index (χ4v) is 2.44. The largest absolute Gasteiger partial charge is 0.281 e. The van der Waals surface area contributed by atoms with E-state index >= 15 is 0 Å². The average molecular weight is 262 g/mol. The summed E-state index contributed by atoms with van der Waals surface area (Å²) in [6.45, 7) is 1.76. The van der Waals surface area contributed by atoms with Crippen LogP contribution in [0.5, 0.6) is 0 Å². The minimum atomic E-state index is -3.72. The summed E-state index contributed by atoms with van der Waals surface area (Å²) in [4.78, 5) is 0.0298. The van der Waals surface area contributed by atoms with Crippen LogP contribution in [0.25, 0.3) is 0 Å². The Morgan fingerprint density at radius 1 is 1.39 bits per heavy atom. The lowest BCUT2D eigenvalue weighted by Gasteiger charge is -2.04. The van der Waals surface area contributed by atoms with E-state index < -0.39 is 10.0 Å². The highest BCUT2D eigenvalue weighted by Gasteiger charge is 2.15. The number of aromatic amines is 1. The van der Waals surface area contributed by atoms with Gasteiger partial charge in [0.05, 0.1) is 16.5 Å². The molecule has 1 aromatic carbocycles. The van der Waals surface area contributed by atoms with Crippen LogP contribution in [0.3, 0.4) is 0 Å². The molecule has 0 aliphatic heterocycles. The lowest BCUT2D eigenvalue weighted by molar-refractivity contribution is 0.601. The molecule has 0 spiro atoms. The normalized spacial score (nSPS) is 10.9. The number of H-pyrrole nitrogens is 1. The van der Waals surface area contributed by atoms with Gasteiger partial charge in [-0.1, -0.05) is 6.07 Å². The third-order valence-electron chi connectivity index (χ3n) is 2.22. The molecule has 0 unspecified atom stereocenters. The van der Waals surface area contributed by atoms with Gasteiger partial charge in [0.15, 0.2) is 5.82 Å². The predicted octanol–water partition coefficient (Wildman–Crippen LogP) is 1.39. The van der Waals surface area contributed by atoms with Crippen LogP contribution in [0.1, 0.15) is 11.3 Å². The molecule has 0 saturated heterocycles. The molecule has 18 heavy (non-hydrogen) atoms. The molecule has 7 heteroatoms. The van der Waals surface area contributed by atoms with Crippen molar-refractivity contribution >= 4 is 15.8 Å². The van der Waals surface area contributed by atoms with Crippen LogP contribution in [0.4, 0.5) is 5.82 Å². The smallest absolute Gasteiger partial charge is 0.263 e. The Labute approximate surface area is 104 Å². The second-order valence-corrected chi connectivity index (χ2v) is 5.36. The summed E-state index contributed by atoms with van der Waals surface area (Å²) in [7, 11) is -3.72. The number of anilines is 1. The van der Waals surface area contributed by atoms with Gasteiger partial charge < -0.3 is 0 Å². The first-order chi connectivity index (χ1) is 8.51. The quantitative estimate of drug-likeness (QED) is 0.873. The molecule has 0 atom stereocenters. The first-order valence-corrected chi connectivity index (χ1v) is 6.54. The molecule has 2 rings (SSSR count). The number of sulfonamides is 1. The van der Waals surface area contributed by atoms with E-state index in [1.54, 1.807) is 13.0 Å². The second kappa shape index (κ2) is 4.50. The highest BCUT2D eigenvalue weighted by atomic mass is 32.2. The van der Waals surface area contributed by atoms with Gasteiger partial charge in [-0.3, -0.25) is 9.82 Å². The van der Waals surface area contributed by atoms with E-state index in [1.807, 2.05) is 6.07 Å². The van der Waals surface area contributed by atoms with Crippen LogP contribution in [-0.4, -0.2) is 18.6 Å². The van der Waals surface area contributed by atoms with Crippen LogP contribution in [0.2, 0.25) is 0 Å². The number of benzene rings is 1. The maximum absolute atomic E-state index is 12.0. The number of aryl methyl sites for hydroxylation is 1. The van der Waals surface area contributed by atoms with E-state index in [2.05, 4.69) is 14.9 Å². The third kappa shape index (κ3) is 2.49. The number of aromatic nitrogens is 2. The lowest BCUT2D eigenvalue weighted by atomic mass is 10.2. The molecule has 1 heterocycles.